The fourth-order valence-electron chi connectivity index (χ4n) is 3.28. The molecule has 0 saturated heterocycles. The molecule has 0 radical (unpaired) electrons. The molecule has 0 fully saturated rings. The Hall–Kier alpha value is -0.950. The largest absolute Gasteiger partial charge is 0.143 e. The van der Waals surface area contributed by atoms with Crippen LogP contribution in [0.2, 0.25) is 0 Å². The van der Waals surface area contributed by atoms with Crippen molar-refractivity contribution in [2.75, 3.05) is 0 Å². The Bertz CT molecular complexity index is 500. The Kier molecular flexibility index (Phi) is 4.12. The van der Waals surface area contributed by atoms with Crippen LogP contribution >= 0.6 is 12.6 Å². The maximum atomic E-state index is 4.87. The summed E-state index contributed by atoms with van der Waals surface area (Å²) in [5.41, 5.74) is 4.36. The first-order valence-electron chi connectivity index (χ1n) is 7.52. The van der Waals surface area contributed by atoms with E-state index in [1.807, 2.05) is 0 Å². The number of hydrogen-bond acceptors (Lipinski definition) is 1. The van der Waals surface area contributed by atoms with Gasteiger partial charge >= 0.3 is 0 Å². The van der Waals surface area contributed by atoms with Crippen molar-refractivity contribution in [1.29, 1.82) is 0 Å². The molecule has 3 rings (SSSR count). The molecule has 0 saturated carbocycles. The molecule has 100 valence electrons. The van der Waals surface area contributed by atoms with Crippen LogP contribution in [0, 0.1) is 5.92 Å². The van der Waals surface area contributed by atoms with Crippen molar-refractivity contribution in [2.45, 2.75) is 44.9 Å². The quantitative estimate of drug-likeness (QED) is 0.495. The number of thiol groups is 1. The van der Waals surface area contributed by atoms with E-state index in [4.69, 9.17) is 12.6 Å². The fraction of sp³-hybridized carbons (Fsp3) is 0.444. The highest BCUT2D eigenvalue weighted by atomic mass is 32.1. The van der Waals surface area contributed by atoms with Crippen molar-refractivity contribution < 1.29 is 0 Å². The van der Waals surface area contributed by atoms with E-state index in [1.165, 1.54) is 60.1 Å². The smallest absolute Gasteiger partial charge is 0.0113 e. The predicted molar refractivity (Wildman–Crippen MR) is 86.3 cm³/mol. The number of allylic oxidation sites excluding steroid dienone is 9. The van der Waals surface area contributed by atoms with Gasteiger partial charge in [0, 0.05) is 10.8 Å². The zero-order valence-electron chi connectivity index (χ0n) is 11.4. The molecule has 19 heavy (non-hydrogen) atoms. The maximum Gasteiger partial charge on any atom is 0.0113 e. The van der Waals surface area contributed by atoms with Gasteiger partial charge in [0.2, 0.25) is 0 Å². The van der Waals surface area contributed by atoms with Gasteiger partial charge in [-0.25, -0.2) is 0 Å². The van der Waals surface area contributed by atoms with Gasteiger partial charge in [-0.1, -0.05) is 36.5 Å². The monoisotopic (exact) mass is 270 g/mol. The maximum absolute atomic E-state index is 4.87. The van der Waals surface area contributed by atoms with Gasteiger partial charge in [0.1, 0.15) is 0 Å². The highest BCUT2D eigenvalue weighted by Crippen LogP contribution is 2.40. The van der Waals surface area contributed by atoms with Crippen molar-refractivity contribution in [3.8, 4) is 0 Å². The van der Waals surface area contributed by atoms with Gasteiger partial charge in [-0.05, 0) is 61.7 Å². The molecular weight excluding hydrogens is 248 g/mol. The Labute approximate surface area is 122 Å². The summed E-state index contributed by atoms with van der Waals surface area (Å²) < 4.78 is 0. The lowest BCUT2D eigenvalue weighted by atomic mass is 9.82. The van der Waals surface area contributed by atoms with E-state index in [2.05, 4.69) is 36.5 Å². The van der Waals surface area contributed by atoms with Crippen LogP contribution in [0.3, 0.4) is 0 Å². The zero-order chi connectivity index (χ0) is 13.1. The van der Waals surface area contributed by atoms with Gasteiger partial charge in [0.15, 0.2) is 0 Å². The van der Waals surface area contributed by atoms with E-state index in [1.54, 1.807) is 0 Å². The van der Waals surface area contributed by atoms with E-state index >= 15 is 0 Å². The van der Waals surface area contributed by atoms with Gasteiger partial charge < -0.3 is 0 Å². The molecule has 0 nitrogen and oxygen atoms in total. The third-order valence-corrected chi connectivity index (χ3v) is 4.84. The zero-order valence-corrected chi connectivity index (χ0v) is 12.3. The molecule has 0 aromatic rings. The Morgan fingerprint density at radius 2 is 1.95 bits per heavy atom. The Morgan fingerprint density at radius 3 is 2.68 bits per heavy atom. The van der Waals surface area contributed by atoms with Crippen molar-refractivity contribution in [3.05, 3.63) is 58.1 Å². The molecule has 0 heterocycles. The summed E-state index contributed by atoms with van der Waals surface area (Å²) in [5, 5.41) is 0. The summed E-state index contributed by atoms with van der Waals surface area (Å²) in [6, 6.07) is 0. The molecule has 1 atom stereocenters. The minimum absolute atomic E-state index is 0.602. The van der Waals surface area contributed by atoms with Gasteiger partial charge in [0.05, 0.1) is 0 Å². The van der Waals surface area contributed by atoms with Crippen LogP contribution in [-0.2, 0) is 0 Å². The van der Waals surface area contributed by atoms with Crippen molar-refractivity contribution in [2.24, 2.45) is 5.92 Å². The summed E-state index contributed by atoms with van der Waals surface area (Å²) >= 11 is 4.87. The second-order valence-corrected chi connectivity index (χ2v) is 6.08. The lowest BCUT2D eigenvalue weighted by molar-refractivity contribution is 0.607. The molecular formula is C18H22S. The van der Waals surface area contributed by atoms with E-state index < -0.39 is 0 Å². The summed E-state index contributed by atoms with van der Waals surface area (Å²) in [4.78, 5) is 1.25. The van der Waals surface area contributed by atoms with Crippen molar-refractivity contribution in [3.63, 3.8) is 0 Å². The second-order valence-electron chi connectivity index (χ2n) is 5.63. The van der Waals surface area contributed by atoms with E-state index in [9.17, 15) is 0 Å². The molecule has 3 aliphatic rings. The van der Waals surface area contributed by atoms with E-state index in [0.29, 0.717) is 5.92 Å². The van der Waals surface area contributed by atoms with Crippen LogP contribution in [0.25, 0.3) is 0 Å². The van der Waals surface area contributed by atoms with E-state index in [-0.39, 0.29) is 0 Å². The fourth-order valence-corrected chi connectivity index (χ4v) is 3.78. The average Bonchev–Trinajstić information content (AvgIpc) is 2.49. The van der Waals surface area contributed by atoms with Crippen LogP contribution in [0.5, 0.6) is 0 Å². The first kappa shape index (κ1) is 13.1. The molecule has 0 aromatic carbocycles. The van der Waals surface area contributed by atoms with Crippen LogP contribution in [0.1, 0.15) is 44.9 Å². The molecule has 0 spiro atoms. The van der Waals surface area contributed by atoms with Gasteiger partial charge in [-0.2, -0.15) is 0 Å². The van der Waals surface area contributed by atoms with Crippen molar-refractivity contribution in [1.82, 2.24) is 0 Å². The normalized spacial score (nSPS) is 27.3. The standard InChI is InChI=1S/C18H22S/c19-18-16(14-8-3-1-4-9-14)12-7-13-17(18)15-10-5-2-6-11-15/h3,5,8-10,13,15,19H,1-2,4,6-7,11-12H2. The van der Waals surface area contributed by atoms with Crippen molar-refractivity contribution >= 4 is 12.6 Å². The van der Waals surface area contributed by atoms with Crippen LogP contribution in [0.4, 0.5) is 0 Å². The molecule has 1 unspecified atom stereocenters. The van der Waals surface area contributed by atoms with Gasteiger partial charge in [0.25, 0.3) is 0 Å². The summed E-state index contributed by atoms with van der Waals surface area (Å²) in [7, 11) is 0. The van der Waals surface area contributed by atoms with Crippen LogP contribution in [-0.4, -0.2) is 0 Å². The molecule has 0 bridgehead atoms. The first-order valence-corrected chi connectivity index (χ1v) is 7.97. The first-order chi connectivity index (χ1) is 9.36. The summed E-state index contributed by atoms with van der Waals surface area (Å²) in [6.45, 7) is 0. The molecule has 0 N–H and O–H groups in total. The summed E-state index contributed by atoms with van der Waals surface area (Å²) in [5.74, 6) is 0.602. The lowest BCUT2D eigenvalue weighted by Gasteiger charge is -2.26. The minimum Gasteiger partial charge on any atom is -0.143 e. The highest BCUT2D eigenvalue weighted by molar-refractivity contribution is 7.84. The lowest BCUT2D eigenvalue weighted by Crippen LogP contribution is -2.10. The van der Waals surface area contributed by atoms with Crippen LogP contribution in [0.15, 0.2) is 58.1 Å². The van der Waals surface area contributed by atoms with E-state index in [0.717, 1.165) is 6.42 Å². The number of rotatable bonds is 2. The third kappa shape index (κ3) is 2.81. The topological polar surface area (TPSA) is 0 Å². The van der Waals surface area contributed by atoms with Gasteiger partial charge in [-0.3, -0.25) is 0 Å². The molecule has 0 aliphatic heterocycles. The third-order valence-electron chi connectivity index (χ3n) is 4.32. The average molecular weight is 270 g/mol. The molecule has 3 aliphatic carbocycles. The highest BCUT2D eigenvalue weighted by Gasteiger charge is 2.21. The van der Waals surface area contributed by atoms with Gasteiger partial charge in [-0.15, -0.1) is 12.6 Å². The summed E-state index contributed by atoms with van der Waals surface area (Å²) in [6.07, 6.45) is 22.6. The predicted octanol–water partition coefficient (Wildman–Crippen LogP) is 5.52. The second kappa shape index (κ2) is 6.00. The number of hydrogen-bond donors (Lipinski definition) is 1. The molecule has 0 aromatic heterocycles. The Balaban J connectivity index is 1.90. The van der Waals surface area contributed by atoms with Crippen LogP contribution < -0.4 is 0 Å². The Morgan fingerprint density at radius 1 is 1.00 bits per heavy atom. The minimum atomic E-state index is 0.602. The molecule has 0 amide bonds. The SMILES string of the molecule is SC1=C(C2=CCCC=C2)CCC=C1C1C=CCCC1. The molecule has 1 heteroatoms.